The number of alkyl halides is 1. The van der Waals surface area contributed by atoms with Gasteiger partial charge in [0, 0.05) is 6.42 Å². The van der Waals surface area contributed by atoms with Gasteiger partial charge in [0.05, 0.1) is 6.04 Å². The molecule has 2 unspecified atom stereocenters. The maximum Gasteiger partial charge on any atom is 0.173 e. The van der Waals surface area contributed by atoms with Crippen LogP contribution < -0.4 is 0 Å². The summed E-state index contributed by atoms with van der Waals surface area (Å²) in [5.74, 6) is 1.02. The fraction of sp³-hybridized carbons (Fsp3) is 0.286. The summed E-state index contributed by atoms with van der Waals surface area (Å²) in [6, 6.07) is 9.85. The Balaban J connectivity index is 2.03. The van der Waals surface area contributed by atoms with Crippen molar-refractivity contribution in [2.45, 2.75) is 25.6 Å². The maximum absolute atomic E-state index is 14.0. The van der Waals surface area contributed by atoms with Crippen LogP contribution in [0, 0.1) is 0 Å². The molecule has 0 saturated heterocycles. The molecule has 1 aromatic heterocycles. The van der Waals surface area contributed by atoms with Crippen LogP contribution in [0.2, 0.25) is 0 Å². The minimum atomic E-state index is -1.03. The molecule has 0 bridgehead atoms. The van der Waals surface area contributed by atoms with E-state index in [1.165, 1.54) is 0 Å². The topological polar surface area (TPSA) is 30.7 Å². The summed E-state index contributed by atoms with van der Waals surface area (Å²) < 4.78 is 15.7. The van der Waals surface area contributed by atoms with Crippen molar-refractivity contribution in [1.29, 1.82) is 0 Å². The van der Waals surface area contributed by atoms with Crippen LogP contribution >= 0.6 is 0 Å². The van der Waals surface area contributed by atoms with Crippen molar-refractivity contribution in [3.63, 3.8) is 0 Å². The Kier molecular flexibility index (Phi) is 2.70. The van der Waals surface area contributed by atoms with Gasteiger partial charge in [0.2, 0.25) is 0 Å². The summed E-state index contributed by atoms with van der Waals surface area (Å²) >= 11 is 0. The molecule has 1 aliphatic rings. The third kappa shape index (κ3) is 1.74. The summed E-state index contributed by atoms with van der Waals surface area (Å²) in [6.07, 6.45) is 3.05. The Morgan fingerprint density at radius 3 is 2.83 bits per heavy atom. The van der Waals surface area contributed by atoms with Gasteiger partial charge in [-0.1, -0.05) is 36.4 Å². The van der Waals surface area contributed by atoms with Crippen molar-refractivity contribution in [2.75, 3.05) is 0 Å². The summed E-state index contributed by atoms with van der Waals surface area (Å²) in [4.78, 5) is 4.23. The normalized spacial score (nSPS) is 22.6. The Bertz CT molecular complexity index is 574. The van der Waals surface area contributed by atoms with Gasteiger partial charge in [-0.05, 0) is 18.6 Å². The van der Waals surface area contributed by atoms with Gasteiger partial charge in [0.1, 0.15) is 0 Å². The molecular weight excluding hydrogens is 229 g/mol. The molecule has 1 aliphatic heterocycles. The molecule has 0 saturated carbocycles. The lowest BCUT2D eigenvalue weighted by molar-refractivity contribution is 0.328. The van der Waals surface area contributed by atoms with E-state index in [0.717, 1.165) is 5.56 Å². The zero-order chi connectivity index (χ0) is 12.5. The highest BCUT2D eigenvalue weighted by Gasteiger charge is 2.34. The lowest BCUT2D eigenvalue weighted by Gasteiger charge is -2.11. The quantitative estimate of drug-likeness (QED) is 0.810. The first-order valence-electron chi connectivity index (χ1n) is 6.07. The molecular formula is C14H14FN3. The molecule has 3 rings (SSSR count). The number of hydrogen-bond donors (Lipinski definition) is 0. The number of hydrogen-bond acceptors (Lipinski definition) is 2. The van der Waals surface area contributed by atoms with E-state index in [0.29, 0.717) is 18.1 Å². The van der Waals surface area contributed by atoms with E-state index in [1.54, 1.807) is 10.8 Å². The zero-order valence-electron chi connectivity index (χ0n) is 10.1. The summed E-state index contributed by atoms with van der Waals surface area (Å²) in [5.41, 5.74) is 1.08. The molecule has 3 nitrogen and oxygen atoms in total. The second kappa shape index (κ2) is 4.37. The first kappa shape index (κ1) is 11.1. The average Bonchev–Trinajstić information content (AvgIpc) is 2.92. The molecule has 0 aliphatic carbocycles. The Hall–Kier alpha value is -1.97. The Labute approximate surface area is 105 Å². The average molecular weight is 243 g/mol. The van der Waals surface area contributed by atoms with Crippen molar-refractivity contribution in [3.8, 4) is 0 Å². The lowest BCUT2D eigenvalue weighted by Crippen LogP contribution is -2.07. The number of halogens is 1. The first-order chi connectivity index (χ1) is 8.79. The van der Waals surface area contributed by atoms with Gasteiger partial charge in [0.25, 0.3) is 0 Å². The predicted octanol–water partition coefficient (Wildman–Crippen LogP) is 3.31. The van der Waals surface area contributed by atoms with Gasteiger partial charge >= 0.3 is 0 Å². The number of rotatable bonds is 2. The molecule has 92 valence electrons. The van der Waals surface area contributed by atoms with E-state index >= 15 is 0 Å². The van der Waals surface area contributed by atoms with Gasteiger partial charge in [-0.3, -0.25) is 0 Å². The number of fused-ring (bicyclic) bond motifs is 1. The highest BCUT2D eigenvalue weighted by atomic mass is 19.1. The lowest BCUT2D eigenvalue weighted by atomic mass is 10.0. The molecule has 0 fully saturated rings. The number of benzene rings is 1. The molecule has 18 heavy (non-hydrogen) atoms. The van der Waals surface area contributed by atoms with Gasteiger partial charge in [-0.2, -0.15) is 5.10 Å². The standard InChI is InChI=1S/C14H14FN3/c1-2-6-13-16-14-11(15)9-12(18(14)17-13)10-7-4-3-5-8-10/h2-8,11-12H,9H2,1H3. The fourth-order valence-electron chi connectivity index (χ4n) is 2.37. The van der Waals surface area contributed by atoms with E-state index in [-0.39, 0.29) is 6.04 Å². The summed E-state index contributed by atoms with van der Waals surface area (Å²) in [6.45, 7) is 1.90. The van der Waals surface area contributed by atoms with Gasteiger partial charge in [-0.15, -0.1) is 0 Å². The van der Waals surface area contributed by atoms with Gasteiger partial charge < -0.3 is 0 Å². The molecule has 0 N–H and O–H groups in total. The van der Waals surface area contributed by atoms with Crippen LogP contribution in [-0.2, 0) is 0 Å². The summed E-state index contributed by atoms with van der Waals surface area (Å²) in [7, 11) is 0. The second-order valence-electron chi connectivity index (χ2n) is 4.40. The highest BCUT2D eigenvalue weighted by molar-refractivity contribution is 5.39. The Morgan fingerprint density at radius 1 is 1.33 bits per heavy atom. The van der Waals surface area contributed by atoms with Gasteiger partial charge in [-0.25, -0.2) is 14.1 Å². The zero-order valence-corrected chi connectivity index (χ0v) is 10.1. The van der Waals surface area contributed by atoms with Crippen molar-refractivity contribution < 1.29 is 4.39 Å². The van der Waals surface area contributed by atoms with Gasteiger partial charge in [0.15, 0.2) is 17.8 Å². The van der Waals surface area contributed by atoms with Crippen LogP contribution in [0.1, 0.15) is 42.8 Å². The van der Waals surface area contributed by atoms with Crippen LogP contribution in [0.3, 0.4) is 0 Å². The predicted molar refractivity (Wildman–Crippen MR) is 67.8 cm³/mol. The monoisotopic (exact) mass is 243 g/mol. The van der Waals surface area contributed by atoms with Crippen LogP contribution in [0.25, 0.3) is 6.08 Å². The van der Waals surface area contributed by atoms with E-state index in [9.17, 15) is 4.39 Å². The molecule has 0 spiro atoms. The number of allylic oxidation sites excluding steroid dienone is 1. The Morgan fingerprint density at radius 2 is 2.11 bits per heavy atom. The number of nitrogens with zero attached hydrogens (tertiary/aromatic N) is 3. The highest BCUT2D eigenvalue weighted by Crippen LogP contribution is 2.39. The molecule has 2 heterocycles. The second-order valence-corrected chi connectivity index (χ2v) is 4.40. The largest absolute Gasteiger partial charge is 0.239 e. The minimum Gasteiger partial charge on any atom is -0.239 e. The molecule has 0 radical (unpaired) electrons. The molecule has 4 heteroatoms. The fourth-order valence-corrected chi connectivity index (χ4v) is 2.37. The van der Waals surface area contributed by atoms with Crippen LogP contribution in [-0.4, -0.2) is 14.8 Å². The maximum atomic E-state index is 14.0. The first-order valence-corrected chi connectivity index (χ1v) is 6.07. The smallest absolute Gasteiger partial charge is 0.173 e. The van der Waals surface area contributed by atoms with E-state index in [4.69, 9.17) is 0 Å². The minimum absolute atomic E-state index is 0.0392. The van der Waals surface area contributed by atoms with Crippen molar-refractivity contribution >= 4 is 6.08 Å². The van der Waals surface area contributed by atoms with Crippen LogP contribution in [0.15, 0.2) is 36.4 Å². The van der Waals surface area contributed by atoms with E-state index in [1.807, 2.05) is 43.3 Å². The molecule has 1 aromatic carbocycles. The molecule has 2 atom stereocenters. The third-order valence-electron chi connectivity index (χ3n) is 3.18. The van der Waals surface area contributed by atoms with E-state index < -0.39 is 6.17 Å². The van der Waals surface area contributed by atoms with Crippen molar-refractivity contribution in [2.24, 2.45) is 0 Å². The number of aromatic nitrogens is 3. The molecule has 2 aromatic rings. The third-order valence-corrected chi connectivity index (χ3v) is 3.18. The summed E-state index contributed by atoms with van der Waals surface area (Å²) in [5, 5.41) is 4.37. The molecule has 0 amide bonds. The van der Waals surface area contributed by atoms with Crippen LogP contribution in [0.5, 0.6) is 0 Å². The van der Waals surface area contributed by atoms with Crippen molar-refractivity contribution in [3.05, 3.63) is 53.6 Å². The van der Waals surface area contributed by atoms with E-state index in [2.05, 4.69) is 10.1 Å². The van der Waals surface area contributed by atoms with Crippen LogP contribution in [0.4, 0.5) is 4.39 Å². The SMILES string of the molecule is CC=Cc1nc2n(n1)C(c1ccccc1)CC2F. The van der Waals surface area contributed by atoms with Crippen molar-refractivity contribution in [1.82, 2.24) is 14.8 Å².